The summed E-state index contributed by atoms with van der Waals surface area (Å²) in [5.41, 5.74) is 1.05. The third-order valence-electron chi connectivity index (χ3n) is 3.79. The van der Waals surface area contributed by atoms with Gasteiger partial charge in [0.15, 0.2) is 17.6 Å². The van der Waals surface area contributed by atoms with E-state index in [4.69, 9.17) is 14.2 Å². The minimum atomic E-state index is -0.780. The number of hydrogen-bond donors (Lipinski definition) is 2. The molecule has 0 bridgehead atoms. The van der Waals surface area contributed by atoms with Crippen LogP contribution in [0, 0.1) is 0 Å². The lowest BCUT2D eigenvalue weighted by molar-refractivity contribution is -0.123. The van der Waals surface area contributed by atoms with Crippen molar-refractivity contribution in [3.05, 3.63) is 48.0 Å². The molecular formula is C17H14N2O5. The Kier molecular flexibility index (Phi) is 3.45. The lowest BCUT2D eigenvalue weighted by Crippen LogP contribution is -2.45. The van der Waals surface area contributed by atoms with E-state index in [1.807, 2.05) is 12.1 Å². The summed E-state index contributed by atoms with van der Waals surface area (Å²) >= 11 is 0. The largest absolute Gasteiger partial charge is 0.477 e. The van der Waals surface area contributed by atoms with Crippen LogP contribution < -0.4 is 24.8 Å². The fourth-order valence-corrected chi connectivity index (χ4v) is 2.55. The highest BCUT2D eigenvalue weighted by atomic mass is 16.7. The molecule has 0 radical (unpaired) electrons. The van der Waals surface area contributed by atoms with Gasteiger partial charge in [-0.1, -0.05) is 12.1 Å². The zero-order valence-corrected chi connectivity index (χ0v) is 12.6. The smallest absolute Gasteiger partial charge is 0.267 e. The average Bonchev–Trinajstić information content (AvgIpc) is 3.07. The number of nitrogens with one attached hydrogen (secondary N) is 2. The minimum absolute atomic E-state index is 0.0629. The summed E-state index contributed by atoms with van der Waals surface area (Å²) < 4.78 is 16.1. The van der Waals surface area contributed by atoms with E-state index in [9.17, 15) is 9.59 Å². The molecule has 2 aliphatic rings. The van der Waals surface area contributed by atoms with Gasteiger partial charge in [0, 0.05) is 5.56 Å². The molecule has 7 heteroatoms. The van der Waals surface area contributed by atoms with E-state index in [1.165, 1.54) is 0 Å². The standard InChI is InChI=1S/C17H14N2O5/c20-16(10-5-6-13-14(7-10)23-9-22-13)18-8-15-17(21)19-11-3-1-2-4-12(11)24-15/h1-7,15H,8-9H2,(H,18,20)(H,19,21). The first kappa shape index (κ1) is 14.4. The van der Waals surface area contributed by atoms with Gasteiger partial charge in [-0.15, -0.1) is 0 Å². The molecule has 2 aliphatic heterocycles. The normalized spacial score (nSPS) is 17.5. The zero-order valence-electron chi connectivity index (χ0n) is 12.6. The van der Waals surface area contributed by atoms with Gasteiger partial charge in [0.2, 0.25) is 6.79 Å². The van der Waals surface area contributed by atoms with Gasteiger partial charge in [0.1, 0.15) is 5.75 Å². The van der Waals surface area contributed by atoms with Gasteiger partial charge in [-0.3, -0.25) is 9.59 Å². The van der Waals surface area contributed by atoms with Gasteiger partial charge in [-0.2, -0.15) is 0 Å². The van der Waals surface area contributed by atoms with Crippen LogP contribution in [-0.4, -0.2) is 31.3 Å². The summed E-state index contributed by atoms with van der Waals surface area (Å²) in [5, 5.41) is 5.46. The van der Waals surface area contributed by atoms with E-state index in [0.29, 0.717) is 28.5 Å². The third-order valence-corrected chi connectivity index (χ3v) is 3.79. The monoisotopic (exact) mass is 326 g/mol. The van der Waals surface area contributed by atoms with Gasteiger partial charge in [-0.25, -0.2) is 0 Å². The fourth-order valence-electron chi connectivity index (χ4n) is 2.55. The molecule has 2 aromatic carbocycles. The van der Waals surface area contributed by atoms with Crippen molar-refractivity contribution in [2.45, 2.75) is 6.10 Å². The highest BCUT2D eigenvalue weighted by molar-refractivity contribution is 5.99. The SMILES string of the molecule is O=C(NCC1Oc2ccccc2NC1=O)c1ccc2c(c1)OCO2. The van der Waals surface area contributed by atoms with Crippen molar-refractivity contribution in [1.29, 1.82) is 0 Å². The lowest BCUT2D eigenvalue weighted by Gasteiger charge is -2.25. The van der Waals surface area contributed by atoms with Crippen molar-refractivity contribution in [3.63, 3.8) is 0 Å². The van der Waals surface area contributed by atoms with Gasteiger partial charge < -0.3 is 24.8 Å². The molecule has 0 fully saturated rings. The van der Waals surface area contributed by atoms with Crippen molar-refractivity contribution in [2.24, 2.45) is 0 Å². The first-order chi connectivity index (χ1) is 11.7. The van der Waals surface area contributed by atoms with Crippen LogP contribution in [0.5, 0.6) is 17.2 Å². The van der Waals surface area contributed by atoms with Gasteiger partial charge in [0.05, 0.1) is 12.2 Å². The Balaban J connectivity index is 1.42. The second-order valence-electron chi connectivity index (χ2n) is 5.37. The molecule has 0 saturated carbocycles. The summed E-state index contributed by atoms with van der Waals surface area (Å²) in [4.78, 5) is 24.3. The van der Waals surface area contributed by atoms with Crippen molar-refractivity contribution in [1.82, 2.24) is 5.32 Å². The Labute approximate surface area is 137 Å². The van der Waals surface area contributed by atoms with Crippen LogP contribution in [0.25, 0.3) is 0 Å². The van der Waals surface area contributed by atoms with E-state index in [1.54, 1.807) is 30.3 Å². The number of para-hydroxylation sites is 2. The van der Waals surface area contributed by atoms with Crippen LogP contribution in [0.15, 0.2) is 42.5 Å². The highest BCUT2D eigenvalue weighted by Crippen LogP contribution is 2.32. The number of fused-ring (bicyclic) bond motifs is 2. The number of benzene rings is 2. The molecule has 7 nitrogen and oxygen atoms in total. The van der Waals surface area contributed by atoms with Crippen molar-refractivity contribution in [3.8, 4) is 17.2 Å². The predicted molar refractivity (Wildman–Crippen MR) is 84.4 cm³/mol. The molecule has 4 rings (SSSR count). The van der Waals surface area contributed by atoms with E-state index < -0.39 is 6.10 Å². The second-order valence-corrected chi connectivity index (χ2v) is 5.37. The molecule has 2 N–H and O–H groups in total. The summed E-state index contributed by atoms with van der Waals surface area (Å²) in [6.07, 6.45) is -0.780. The third kappa shape index (κ3) is 2.60. The van der Waals surface area contributed by atoms with E-state index in [2.05, 4.69) is 10.6 Å². The Morgan fingerprint density at radius 1 is 1.12 bits per heavy atom. The van der Waals surface area contributed by atoms with E-state index in [0.717, 1.165) is 0 Å². The van der Waals surface area contributed by atoms with Crippen molar-refractivity contribution >= 4 is 17.5 Å². The summed E-state index contributed by atoms with van der Waals surface area (Å²) in [6.45, 7) is 0.212. The van der Waals surface area contributed by atoms with Gasteiger partial charge in [0.25, 0.3) is 11.8 Å². The molecule has 2 aromatic rings. The number of carbonyl (C=O) groups excluding carboxylic acids is 2. The Morgan fingerprint density at radius 2 is 1.96 bits per heavy atom. The first-order valence-corrected chi connectivity index (χ1v) is 7.45. The first-order valence-electron chi connectivity index (χ1n) is 7.45. The van der Waals surface area contributed by atoms with Crippen molar-refractivity contribution < 1.29 is 23.8 Å². The number of anilines is 1. The molecule has 1 atom stereocenters. The van der Waals surface area contributed by atoms with Crippen LogP contribution in [0.3, 0.4) is 0 Å². The molecule has 0 aliphatic carbocycles. The van der Waals surface area contributed by atoms with Crippen LogP contribution in [0.4, 0.5) is 5.69 Å². The van der Waals surface area contributed by atoms with Gasteiger partial charge in [-0.05, 0) is 30.3 Å². The number of ether oxygens (including phenoxy) is 3. The molecule has 1 unspecified atom stereocenters. The zero-order chi connectivity index (χ0) is 16.5. The number of rotatable bonds is 3. The molecule has 2 amide bonds. The molecule has 0 saturated heterocycles. The Hall–Kier alpha value is -3.22. The van der Waals surface area contributed by atoms with Gasteiger partial charge >= 0.3 is 0 Å². The number of hydrogen-bond acceptors (Lipinski definition) is 5. The van der Waals surface area contributed by atoms with E-state index >= 15 is 0 Å². The molecule has 24 heavy (non-hydrogen) atoms. The number of amides is 2. The maximum absolute atomic E-state index is 12.2. The molecular weight excluding hydrogens is 312 g/mol. The van der Waals surface area contributed by atoms with E-state index in [-0.39, 0.29) is 25.2 Å². The van der Waals surface area contributed by atoms with Crippen molar-refractivity contribution in [2.75, 3.05) is 18.7 Å². The molecule has 0 spiro atoms. The summed E-state index contributed by atoms with van der Waals surface area (Å²) in [6, 6.07) is 12.1. The Morgan fingerprint density at radius 3 is 2.88 bits per heavy atom. The number of carbonyl (C=O) groups is 2. The second kappa shape index (κ2) is 5.77. The lowest BCUT2D eigenvalue weighted by atomic mass is 10.1. The maximum Gasteiger partial charge on any atom is 0.267 e. The van der Waals surface area contributed by atoms with Crippen LogP contribution in [0.2, 0.25) is 0 Å². The quantitative estimate of drug-likeness (QED) is 0.894. The topological polar surface area (TPSA) is 85.9 Å². The predicted octanol–water partition coefficient (Wildman–Crippen LogP) is 1.54. The maximum atomic E-state index is 12.2. The van der Waals surface area contributed by atoms with Crippen LogP contribution in [-0.2, 0) is 4.79 Å². The average molecular weight is 326 g/mol. The molecule has 0 aromatic heterocycles. The summed E-state index contributed by atoms with van der Waals surface area (Å²) in [7, 11) is 0. The van der Waals surface area contributed by atoms with Crippen LogP contribution >= 0.6 is 0 Å². The van der Waals surface area contributed by atoms with Crippen LogP contribution in [0.1, 0.15) is 10.4 Å². The molecule has 122 valence electrons. The highest BCUT2D eigenvalue weighted by Gasteiger charge is 2.28. The minimum Gasteiger partial charge on any atom is -0.477 e. The fraction of sp³-hybridized carbons (Fsp3) is 0.176. The molecule has 2 heterocycles. The summed E-state index contributed by atoms with van der Waals surface area (Å²) in [5.74, 6) is 1.11. The Bertz CT molecular complexity index is 820.